The Kier molecular flexibility index (Phi) is 8.68. The molecule has 0 aliphatic carbocycles. The first-order valence-electron chi connectivity index (χ1n) is 7.12. The summed E-state index contributed by atoms with van der Waals surface area (Å²) in [5.41, 5.74) is 0. The van der Waals surface area contributed by atoms with Crippen LogP contribution < -0.4 is 0 Å². The molecule has 0 spiro atoms. The van der Waals surface area contributed by atoms with Crippen LogP contribution in [0.15, 0.2) is 24.3 Å². The Labute approximate surface area is 156 Å². The van der Waals surface area contributed by atoms with E-state index in [1.807, 2.05) is 0 Å². The van der Waals surface area contributed by atoms with Crippen LogP contribution in [0.4, 0.5) is 52.7 Å². The van der Waals surface area contributed by atoms with E-state index in [4.69, 9.17) is 0 Å². The quantitative estimate of drug-likeness (QED) is 0.187. The van der Waals surface area contributed by atoms with Crippen molar-refractivity contribution in [2.24, 2.45) is 0 Å². The first-order valence-corrected chi connectivity index (χ1v) is 8.70. The molecule has 0 radical (unpaired) electrons. The fourth-order valence-corrected chi connectivity index (χ4v) is 2.46. The second kappa shape index (κ2) is 9.14. The van der Waals surface area contributed by atoms with Gasteiger partial charge in [0.05, 0.1) is 6.61 Å². The molecule has 0 rings (SSSR count). The summed E-state index contributed by atoms with van der Waals surface area (Å²) in [7, 11) is -5.27. The highest BCUT2D eigenvalue weighted by Gasteiger charge is 2.56. The lowest BCUT2D eigenvalue weighted by molar-refractivity contribution is -0.259. The van der Waals surface area contributed by atoms with Gasteiger partial charge in [-0.05, 0) is 24.6 Å². The van der Waals surface area contributed by atoms with Gasteiger partial charge in [0.15, 0.2) is 0 Å². The van der Waals surface area contributed by atoms with Crippen LogP contribution in [0.5, 0.6) is 0 Å². The molecule has 0 aromatic carbocycles. The van der Waals surface area contributed by atoms with E-state index in [1.165, 1.54) is 0 Å². The van der Waals surface area contributed by atoms with Gasteiger partial charge in [-0.1, -0.05) is 0 Å². The van der Waals surface area contributed by atoms with Crippen molar-refractivity contribution in [2.75, 3.05) is 12.4 Å². The fraction of sp³-hybridized carbons (Fsp3) is 0.692. The van der Waals surface area contributed by atoms with Gasteiger partial charge in [0.25, 0.3) is 22.0 Å². The summed E-state index contributed by atoms with van der Waals surface area (Å²) in [6.07, 6.45) is -17.1. The van der Waals surface area contributed by atoms with Crippen LogP contribution in [0.3, 0.4) is 0 Å². The molecule has 172 valence electrons. The number of halogens is 12. The molecule has 0 amide bonds. The molecule has 16 heteroatoms. The Bertz CT molecular complexity index is 689. The maximum absolute atomic E-state index is 13.3. The van der Waals surface area contributed by atoms with E-state index in [1.54, 1.807) is 0 Å². The molecule has 0 aliphatic rings. The van der Waals surface area contributed by atoms with E-state index >= 15 is 0 Å². The average molecular weight is 476 g/mol. The second-order valence-corrected chi connectivity index (χ2v) is 7.12. The normalized spacial score (nSPS) is 15.6. The lowest BCUT2D eigenvalue weighted by Gasteiger charge is -2.17. The van der Waals surface area contributed by atoms with E-state index in [2.05, 4.69) is 4.18 Å². The van der Waals surface area contributed by atoms with Gasteiger partial charge >= 0.3 is 18.3 Å². The van der Waals surface area contributed by atoms with Crippen LogP contribution in [0.25, 0.3) is 0 Å². The Morgan fingerprint density at radius 1 is 0.690 bits per heavy atom. The lowest BCUT2D eigenvalue weighted by atomic mass is 10.2. The minimum absolute atomic E-state index is 0.513. The van der Waals surface area contributed by atoms with E-state index in [0.717, 1.165) is 0 Å². The van der Waals surface area contributed by atoms with Crippen molar-refractivity contribution in [3.05, 3.63) is 24.3 Å². The van der Waals surface area contributed by atoms with Crippen LogP contribution in [0.2, 0.25) is 0 Å². The summed E-state index contributed by atoms with van der Waals surface area (Å²) in [5, 5.41) is 0. The predicted molar refractivity (Wildman–Crippen MR) is 74.2 cm³/mol. The molecule has 0 saturated heterocycles. The maximum Gasteiger partial charge on any atom is 0.457 e. The molecule has 3 nitrogen and oxygen atoms in total. The molecule has 0 fully saturated rings. The van der Waals surface area contributed by atoms with E-state index in [0.29, 0.717) is 0 Å². The summed E-state index contributed by atoms with van der Waals surface area (Å²) in [6, 6.07) is 0. The Morgan fingerprint density at radius 3 is 1.62 bits per heavy atom. The molecular formula is C13H12F12O3S. The minimum Gasteiger partial charge on any atom is -0.270 e. The number of hydrogen-bond donors (Lipinski definition) is 0. The summed E-state index contributed by atoms with van der Waals surface area (Å²) >= 11 is 0. The van der Waals surface area contributed by atoms with Gasteiger partial charge in [-0.25, -0.2) is 17.6 Å². The first kappa shape index (κ1) is 27.5. The molecular weight excluding hydrogens is 464 g/mol. The highest BCUT2D eigenvalue weighted by molar-refractivity contribution is 7.86. The third-order valence-corrected chi connectivity index (χ3v) is 3.98. The second-order valence-electron chi connectivity index (χ2n) is 5.48. The summed E-state index contributed by atoms with van der Waals surface area (Å²) in [5.74, 6) is -16.8. The van der Waals surface area contributed by atoms with Gasteiger partial charge in [0.2, 0.25) is 0 Å². The predicted octanol–water partition coefficient (Wildman–Crippen LogP) is 5.26. The third kappa shape index (κ3) is 12.0. The van der Waals surface area contributed by atoms with Gasteiger partial charge in [0.1, 0.15) is 5.75 Å². The van der Waals surface area contributed by atoms with Gasteiger partial charge in [0, 0.05) is 12.5 Å². The largest absolute Gasteiger partial charge is 0.457 e. The molecule has 0 saturated carbocycles. The standard InChI is InChI=1S/C13H12F12O3S/c14-9(15,4-6-12(20,21)22)2-1-7-28-29(26,27)8-10(16,17)3-5-11(18,19)13(23,24)25/h3-6H,1-2,7-8H2/b5-3+,6-4-. The van der Waals surface area contributed by atoms with Gasteiger partial charge in [-0.3, -0.25) is 4.18 Å². The highest BCUT2D eigenvalue weighted by Crippen LogP contribution is 2.37. The van der Waals surface area contributed by atoms with Gasteiger partial charge in [-0.15, -0.1) is 0 Å². The number of allylic oxidation sites excluding steroid dienone is 4. The zero-order valence-electron chi connectivity index (χ0n) is 13.8. The number of hydrogen-bond acceptors (Lipinski definition) is 3. The summed E-state index contributed by atoms with van der Waals surface area (Å²) in [6.45, 7) is -1.18. The Hall–Kier alpha value is -1.45. The smallest absolute Gasteiger partial charge is 0.270 e. The monoisotopic (exact) mass is 476 g/mol. The fourth-order valence-electron chi connectivity index (χ4n) is 1.44. The van der Waals surface area contributed by atoms with E-state index in [-0.39, 0.29) is 0 Å². The lowest BCUT2D eigenvalue weighted by Crippen LogP contribution is -2.35. The summed E-state index contributed by atoms with van der Waals surface area (Å²) < 4.78 is 175. The van der Waals surface area contributed by atoms with Gasteiger partial charge < -0.3 is 0 Å². The maximum atomic E-state index is 13.3. The van der Waals surface area contributed by atoms with Crippen LogP contribution in [0, 0.1) is 0 Å². The van der Waals surface area contributed by atoms with Crippen LogP contribution in [0.1, 0.15) is 12.8 Å². The van der Waals surface area contributed by atoms with Crippen molar-refractivity contribution in [1.29, 1.82) is 0 Å². The Balaban J connectivity index is 4.76. The molecule has 29 heavy (non-hydrogen) atoms. The summed E-state index contributed by atoms with van der Waals surface area (Å²) in [4.78, 5) is 0. The zero-order chi connectivity index (χ0) is 23.4. The van der Waals surface area contributed by atoms with E-state index in [9.17, 15) is 61.1 Å². The SMILES string of the molecule is O=S(=O)(CC(F)(F)/C=C/C(F)(F)C(F)(F)F)OCCCC(F)(F)/C=C\C(F)(F)F. The minimum atomic E-state index is -6.21. The van der Waals surface area contributed by atoms with E-state index < -0.39 is 89.7 Å². The molecule has 0 atom stereocenters. The zero-order valence-corrected chi connectivity index (χ0v) is 14.6. The first-order chi connectivity index (χ1) is 12.6. The topological polar surface area (TPSA) is 43.4 Å². The number of alkyl halides is 12. The molecule has 0 heterocycles. The molecule has 0 aromatic rings. The van der Waals surface area contributed by atoms with Crippen molar-refractivity contribution in [1.82, 2.24) is 0 Å². The van der Waals surface area contributed by atoms with Gasteiger partial charge in [-0.2, -0.15) is 43.5 Å². The van der Waals surface area contributed by atoms with Crippen molar-refractivity contribution < 1.29 is 65.3 Å². The van der Waals surface area contributed by atoms with Crippen molar-refractivity contribution >= 4 is 10.1 Å². The average Bonchev–Trinajstić information content (AvgIpc) is 2.45. The highest BCUT2D eigenvalue weighted by atomic mass is 32.2. The molecule has 0 N–H and O–H groups in total. The van der Waals surface area contributed by atoms with Crippen LogP contribution >= 0.6 is 0 Å². The van der Waals surface area contributed by atoms with Crippen molar-refractivity contribution in [3.8, 4) is 0 Å². The molecule has 0 bridgehead atoms. The van der Waals surface area contributed by atoms with Crippen molar-refractivity contribution in [3.63, 3.8) is 0 Å². The molecule has 0 aromatic heterocycles. The van der Waals surface area contributed by atoms with Crippen LogP contribution in [-0.2, 0) is 14.3 Å². The molecule has 0 aliphatic heterocycles. The molecule has 0 unspecified atom stereocenters. The number of rotatable bonds is 10. The van der Waals surface area contributed by atoms with Crippen molar-refractivity contribution in [2.45, 2.75) is 43.0 Å². The Morgan fingerprint density at radius 2 is 1.17 bits per heavy atom. The van der Waals surface area contributed by atoms with Crippen LogP contribution in [-0.4, -0.2) is 50.9 Å². The third-order valence-electron chi connectivity index (χ3n) is 2.72.